The summed E-state index contributed by atoms with van der Waals surface area (Å²) in [6.07, 6.45) is 0. The second-order valence-electron chi connectivity index (χ2n) is 4.61. The predicted molar refractivity (Wildman–Crippen MR) is 86.3 cm³/mol. The van der Waals surface area contributed by atoms with Gasteiger partial charge in [-0.05, 0) is 22.0 Å². The molecule has 0 unspecified atom stereocenters. The molecule has 0 spiro atoms. The van der Waals surface area contributed by atoms with Crippen molar-refractivity contribution in [1.82, 2.24) is 0 Å². The first kappa shape index (κ1) is 13.8. The number of carbonyl (C=O) groups is 1. The maximum absolute atomic E-state index is 11.8. The Morgan fingerprint density at radius 2 is 2.00 bits per heavy atom. The Morgan fingerprint density at radius 3 is 2.71 bits per heavy atom. The lowest BCUT2D eigenvalue weighted by atomic mass is 10.0. The molecule has 3 rings (SSSR count). The number of hydrogen-bond donors (Lipinski definition) is 1. The molecule has 106 valence electrons. The second-order valence-corrected chi connectivity index (χ2v) is 5.47. The molecule has 0 aromatic heterocycles. The Labute approximate surface area is 131 Å². The molecule has 0 aliphatic carbocycles. The molecule has 5 heteroatoms. The minimum Gasteiger partial charge on any atom is -0.495 e. The van der Waals surface area contributed by atoms with Gasteiger partial charge in [-0.15, -0.1) is 0 Å². The van der Waals surface area contributed by atoms with Gasteiger partial charge in [-0.2, -0.15) is 0 Å². The molecule has 2 aromatic carbocycles. The Kier molecular flexibility index (Phi) is 3.75. The lowest BCUT2D eigenvalue weighted by Gasteiger charge is -2.13. The van der Waals surface area contributed by atoms with Crippen LogP contribution in [0.25, 0.3) is 0 Å². The Hall–Kier alpha value is -2.14. The number of benzene rings is 2. The van der Waals surface area contributed by atoms with Crippen LogP contribution in [0.15, 0.2) is 51.9 Å². The van der Waals surface area contributed by atoms with Gasteiger partial charge in [0.05, 0.1) is 23.0 Å². The monoisotopic (exact) mass is 344 g/mol. The zero-order valence-electron chi connectivity index (χ0n) is 11.4. The first-order valence-corrected chi connectivity index (χ1v) is 7.26. The molecule has 1 amide bonds. The van der Waals surface area contributed by atoms with Gasteiger partial charge in [0.2, 0.25) is 5.91 Å². The topological polar surface area (TPSA) is 50.7 Å². The van der Waals surface area contributed by atoms with E-state index in [1.165, 1.54) is 0 Å². The summed E-state index contributed by atoms with van der Waals surface area (Å²) in [5, 5.41) is 2.87. The van der Waals surface area contributed by atoms with Gasteiger partial charge in [0.15, 0.2) is 0 Å². The number of hydrogen-bond acceptors (Lipinski definition) is 3. The number of ether oxygens (including phenoxy) is 1. The van der Waals surface area contributed by atoms with Crippen molar-refractivity contribution in [3.63, 3.8) is 0 Å². The fraction of sp³-hybridized carbons (Fsp3) is 0.125. The van der Waals surface area contributed by atoms with Gasteiger partial charge in [0, 0.05) is 17.2 Å². The fourth-order valence-electron chi connectivity index (χ4n) is 2.28. The van der Waals surface area contributed by atoms with Gasteiger partial charge in [0.1, 0.15) is 12.3 Å². The van der Waals surface area contributed by atoms with E-state index >= 15 is 0 Å². The SMILES string of the molecule is COc1cc2c(cc1Br)C(c1ccccc1)=NCC(=O)N2. The van der Waals surface area contributed by atoms with Gasteiger partial charge >= 0.3 is 0 Å². The summed E-state index contributed by atoms with van der Waals surface area (Å²) in [6, 6.07) is 13.6. The zero-order chi connectivity index (χ0) is 14.8. The van der Waals surface area contributed by atoms with E-state index in [0.717, 1.165) is 21.3 Å². The van der Waals surface area contributed by atoms with Crippen LogP contribution >= 0.6 is 15.9 Å². The average molecular weight is 345 g/mol. The molecule has 0 fully saturated rings. The van der Waals surface area contributed by atoms with Crippen LogP contribution in [0.3, 0.4) is 0 Å². The molecular formula is C16H13BrN2O2. The van der Waals surface area contributed by atoms with E-state index in [9.17, 15) is 4.79 Å². The number of amides is 1. The third kappa shape index (κ3) is 2.69. The van der Waals surface area contributed by atoms with E-state index in [2.05, 4.69) is 26.2 Å². The van der Waals surface area contributed by atoms with Crippen LogP contribution in [0.5, 0.6) is 5.75 Å². The van der Waals surface area contributed by atoms with Gasteiger partial charge in [0.25, 0.3) is 0 Å². The van der Waals surface area contributed by atoms with Crippen molar-refractivity contribution in [1.29, 1.82) is 0 Å². The van der Waals surface area contributed by atoms with Gasteiger partial charge in [-0.1, -0.05) is 30.3 Å². The largest absolute Gasteiger partial charge is 0.495 e. The average Bonchev–Trinajstić information content (AvgIpc) is 2.65. The van der Waals surface area contributed by atoms with Crippen molar-refractivity contribution in [2.45, 2.75) is 0 Å². The lowest BCUT2D eigenvalue weighted by Crippen LogP contribution is -2.13. The molecule has 2 aromatic rings. The molecule has 21 heavy (non-hydrogen) atoms. The standard InChI is InChI=1S/C16H13BrN2O2/c1-21-14-8-13-11(7-12(14)17)16(18-9-15(20)19-13)10-5-3-2-4-6-10/h2-8H,9H2,1H3,(H,19,20). The number of rotatable bonds is 2. The number of benzodiazepines with no additional fused rings is 1. The van der Waals surface area contributed by atoms with Crippen LogP contribution in [-0.2, 0) is 4.79 Å². The van der Waals surface area contributed by atoms with E-state index in [0.29, 0.717) is 11.4 Å². The maximum Gasteiger partial charge on any atom is 0.246 e. The molecule has 0 saturated heterocycles. The summed E-state index contributed by atoms with van der Waals surface area (Å²) in [5.41, 5.74) is 3.36. The molecule has 4 nitrogen and oxygen atoms in total. The molecule has 0 atom stereocenters. The third-order valence-electron chi connectivity index (χ3n) is 3.25. The smallest absolute Gasteiger partial charge is 0.246 e. The number of fused-ring (bicyclic) bond motifs is 1. The molecule has 1 heterocycles. The molecule has 1 aliphatic heterocycles. The normalized spacial score (nSPS) is 13.8. The summed E-state index contributed by atoms with van der Waals surface area (Å²) in [7, 11) is 1.59. The number of nitrogens with zero attached hydrogens (tertiary/aromatic N) is 1. The first-order chi connectivity index (χ1) is 10.2. The molecule has 0 radical (unpaired) electrons. The molecule has 0 bridgehead atoms. The highest BCUT2D eigenvalue weighted by atomic mass is 79.9. The van der Waals surface area contributed by atoms with E-state index in [1.807, 2.05) is 36.4 Å². The Balaban J connectivity index is 2.20. The number of halogens is 1. The van der Waals surface area contributed by atoms with E-state index in [-0.39, 0.29) is 12.5 Å². The molecule has 1 aliphatic rings. The minimum atomic E-state index is -0.133. The first-order valence-electron chi connectivity index (χ1n) is 6.46. The Bertz CT molecular complexity index is 727. The summed E-state index contributed by atoms with van der Waals surface area (Å²) < 4.78 is 6.11. The van der Waals surface area contributed by atoms with E-state index in [4.69, 9.17) is 4.74 Å². The van der Waals surface area contributed by atoms with Crippen LogP contribution in [0.2, 0.25) is 0 Å². The zero-order valence-corrected chi connectivity index (χ0v) is 13.0. The fourth-order valence-corrected chi connectivity index (χ4v) is 2.78. The Morgan fingerprint density at radius 1 is 1.24 bits per heavy atom. The summed E-state index contributed by atoms with van der Waals surface area (Å²) in [5.74, 6) is 0.537. The van der Waals surface area contributed by atoms with Crippen molar-refractivity contribution in [2.75, 3.05) is 19.0 Å². The van der Waals surface area contributed by atoms with E-state index < -0.39 is 0 Å². The minimum absolute atomic E-state index is 0.110. The van der Waals surface area contributed by atoms with Crippen molar-refractivity contribution in [3.05, 3.63) is 58.1 Å². The maximum atomic E-state index is 11.8. The lowest BCUT2D eigenvalue weighted by molar-refractivity contribution is -0.114. The van der Waals surface area contributed by atoms with Crippen molar-refractivity contribution in [3.8, 4) is 5.75 Å². The molecule has 1 N–H and O–H groups in total. The van der Waals surface area contributed by atoms with E-state index in [1.54, 1.807) is 13.2 Å². The van der Waals surface area contributed by atoms with Crippen molar-refractivity contribution in [2.24, 2.45) is 4.99 Å². The van der Waals surface area contributed by atoms with Gasteiger partial charge < -0.3 is 10.1 Å². The number of anilines is 1. The van der Waals surface area contributed by atoms with Crippen molar-refractivity contribution < 1.29 is 9.53 Å². The summed E-state index contributed by atoms with van der Waals surface area (Å²) in [4.78, 5) is 16.3. The van der Waals surface area contributed by atoms with Crippen LogP contribution in [0.1, 0.15) is 11.1 Å². The summed E-state index contributed by atoms with van der Waals surface area (Å²) >= 11 is 3.48. The van der Waals surface area contributed by atoms with Crippen LogP contribution in [0.4, 0.5) is 5.69 Å². The predicted octanol–water partition coefficient (Wildman–Crippen LogP) is 3.25. The second kappa shape index (κ2) is 5.69. The highest BCUT2D eigenvalue weighted by Gasteiger charge is 2.20. The van der Waals surface area contributed by atoms with Crippen molar-refractivity contribution >= 4 is 33.2 Å². The third-order valence-corrected chi connectivity index (χ3v) is 3.87. The van der Waals surface area contributed by atoms with Crippen LogP contribution in [0, 0.1) is 0 Å². The highest BCUT2D eigenvalue weighted by molar-refractivity contribution is 9.10. The highest BCUT2D eigenvalue weighted by Crippen LogP contribution is 2.33. The number of nitrogens with one attached hydrogen (secondary N) is 1. The quantitative estimate of drug-likeness (QED) is 0.908. The van der Waals surface area contributed by atoms with Crippen LogP contribution in [-0.4, -0.2) is 25.3 Å². The number of aliphatic imine (C=N–C) groups is 1. The molecular weight excluding hydrogens is 332 g/mol. The van der Waals surface area contributed by atoms with Crippen LogP contribution < -0.4 is 10.1 Å². The summed E-state index contributed by atoms with van der Waals surface area (Å²) in [6.45, 7) is 0.110. The molecule has 0 saturated carbocycles. The van der Waals surface area contributed by atoms with Gasteiger partial charge in [-0.25, -0.2) is 0 Å². The van der Waals surface area contributed by atoms with Gasteiger partial charge in [-0.3, -0.25) is 9.79 Å². The number of methoxy groups -OCH3 is 1. The number of carbonyl (C=O) groups excluding carboxylic acids is 1.